The maximum Gasteiger partial charge on any atom is 0.252 e. The molecular weight excluding hydrogens is 386 g/mol. The quantitative estimate of drug-likeness (QED) is 0.531. The van der Waals surface area contributed by atoms with Gasteiger partial charge in [-0.1, -0.05) is 68.8 Å². The van der Waals surface area contributed by atoms with Gasteiger partial charge in [0.05, 0.1) is 12.2 Å². The normalized spacial score (nSPS) is 11.5. The van der Waals surface area contributed by atoms with E-state index < -0.39 is 0 Å². The second-order valence-electron chi connectivity index (χ2n) is 7.70. The highest BCUT2D eigenvalue weighted by molar-refractivity contribution is 6.01. The average Bonchev–Trinajstić information content (AvgIpc) is 2.82. The molecule has 2 amide bonds. The van der Waals surface area contributed by atoms with E-state index >= 15 is 0 Å². The Morgan fingerprint density at radius 2 is 1.58 bits per heavy atom. The molecule has 2 aromatic carbocycles. The highest BCUT2D eigenvalue weighted by Gasteiger charge is 2.15. The zero-order chi connectivity index (χ0) is 22.1. The largest absolute Gasteiger partial charge is 0.352 e. The molecule has 0 saturated heterocycles. The predicted molar refractivity (Wildman–Crippen MR) is 123 cm³/mol. The molecule has 3 rings (SSSR count). The molecule has 0 aliphatic heterocycles. The lowest BCUT2D eigenvalue weighted by Crippen LogP contribution is -2.25. The van der Waals surface area contributed by atoms with Crippen LogP contribution in [-0.4, -0.2) is 16.8 Å². The third-order valence-electron chi connectivity index (χ3n) is 5.34. The van der Waals surface area contributed by atoms with Crippen LogP contribution in [0.15, 0.2) is 72.9 Å². The lowest BCUT2D eigenvalue weighted by molar-refractivity contribution is -0.122. The van der Waals surface area contributed by atoms with E-state index in [1.807, 2.05) is 66.7 Å². The topological polar surface area (TPSA) is 71.1 Å². The first kappa shape index (κ1) is 22.2. The molecule has 0 fully saturated rings. The summed E-state index contributed by atoms with van der Waals surface area (Å²) in [5, 5.41) is 5.97. The van der Waals surface area contributed by atoms with Gasteiger partial charge < -0.3 is 10.6 Å². The highest BCUT2D eigenvalue weighted by Crippen LogP contribution is 2.27. The first-order chi connectivity index (χ1) is 15.1. The molecule has 1 aromatic heterocycles. The maximum absolute atomic E-state index is 12.9. The van der Waals surface area contributed by atoms with Crippen molar-refractivity contribution in [3.8, 4) is 11.1 Å². The Morgan fingerprint density at radius 3 is 2.32 bits per heavy atom. The molecule has 0 bridgehead atoms. The molecule has 31 heavy (non-hydrogen) atoms. The minimum atomic E-state index is -0.156. The van der Waals surface area contributed by atoms with E-state index in [0.717, 1.165) is 28.8 Å². The van der Waals surface area contributed by atoms with Gasteiger partial charge in [0, 0.05) is 24.7 Å². The van der Waals surface area contributed by atoms with Gasteiger partial charge in [-0.25, -0.2) is 0 Å². The third-order valence-corrected chi connectivity index (χ3v) is 5.34. The fraction of sp³-hybridized carbons (Fsp3) is 0.269. The summed E-state index contributed by atoms with van der Waals surface area (Å²) in [5.41, 5.74) is 4.15. The van der Waals surface area contributed by atoms with Crippen molar-refractivity contribution in [2.75, 3.05) is 0 Å². The Balaban J connectivity index is 1.77. The smallest absolute Gasteiger partial charge is 0.252 e. The van der Waals surface area contributed by atoms with Crippen LogP contribution in [0, 0.1) is 5.92 Å². The van der Waals surface area contributed by atoms with E-state index in [-0.39, 0.29) is 11.8 Å². The van der Waals surface area contributed by atoms with Crippen molar-refractivity contribution in [2.24, 2.45) is 5.92 Å². The number of aromatic nitrogens is 1. The van der Waals surface area contributed by atoms with E-state index in [1.54, 1.807) is 6.20 Å². The molecule has 0 aliphatic carbocycles. The molecule has 0 aliphatic rings. The molecule has 1 atom stereocenters. The van der Waals surface area contributed by atoms with Crippen molar-refractivity contribution in [3.05, 3.63) is 89.7 Å². The summed E-state index contributed by atoms with van der Waals surface area (Å²) in [7, 11) is 0. The maximum atomic E-state index is 12.9. The molecular formula is C26H29N3O2. The van der Waals surface area contributed by atoms with Crippen molar-refractivity contribution < 1.29 is 9.59 Å². The second-order valence-corrected chi connectivity index (χ2v) is 7.70. The SMILES string of the molecule is CCC(C)CC(=O)NCc1ccccc1-c1ccccc1C(=O)NCc1ccccn1. The number of carbonyl (C=O) groups excluding carboxylic acids is 2. The Labute approximate surface area is 183 Å². The van der Waals surface area contributed by atoms with Gasteiger partial charge in [0.1, 0.15) is 0 Å². The molecule has 0 spiro atoms. The Morgan fingerprint density at radius 1 is 0.871 bits per heavy atom. The van der Waals surface area contributed by atoms with Gasteiger partial charge in [-0.2, -0.15) is 0 Å². The zero-order valence-corrected chi connectivity index (χ0v) is 18.1. The molecule has 3 aromatic rings. The third kappa shape index (κ3) is 6.25. The summed E-state index contributed by atoms with van der Waals surface area (Å²) in [6.07, 6.45) is 3.21. The molecule has 160 valence electrons. The Kier molecular flexibility index (Phi) is 7.93. The molecule has 1 unspecified atom stereocenters. The number of carbonyl (C=O) groups is 2. The van der Waals surface area contributed by atoms with Gasteiger partial charge in [0.15, 0.2) is 0 Å². The number of pyridine rings is 1. The van der Waals surface area contributed by atoms with Gasteiger partial charge in [-0.05, 0) is 40.8 Å². The summed E-state index contributed by atoms with van der Waals surface area (Å²) in [4.78, 5) is 29.4. The van der Waals surface area contributed by atoms with Crippen LogP contribution in [0.3, 0.4) is 0 Å². The average molecular weight is 416 g/mol. The van der Waals surface area contributed by atoms with Crippen LogP contribution in [0.1, 0.15) is 48.3 Å². The molecule has 0 radical (unpaired) electrons. The number of benzene rings is 2. The minimum absolute atomic E-state index is 0.0468. The lowest BCUT2D eigenvalue weighted by Gasteiger charge is -2.15. The first-order valence-electron chi connectivity index (χ1n) is 10.7. The van der Waals surface area contributed by atoms with Crippen LogP contribution in [0.25, 0.3) is 11.1 Å². The van der Waals surface area contributed by atoms with Crippen molar-refractivity contribution in [3.63, 3.8) is 0 Å². The fourth-order valence-electron chi connectivity index (χ4n) is 3.35. The summed E-state index contributed by atoms with van der Waals surface area (Å²) in [5.74, 6) is 0.251. The minimum Gasteiger partial charge on any atom is -0.352 e. The number of rotatable bonds is 9. The highest BCUT2D eigenvalue weighted by atomic mass is 16.2. The van der Waals surface area contributed by atoms with Gasteiger partial charge in [-0.15, -0.1) is 0 Å². The summed E-state index contributed by atoms with van der Waals surface area (Å²) < 4.78 is 0. The van der Waals surface area contributed by atoms with Crippen molar-refractivity contribution in [2.45, 2.75) is 39.8 Å². The van der Waals surface area contributed by atoms with Crippen LogP contribution < -0.4 is 10.6 Å². The standard InChI is InChI=1S/C26H29N3O2/c1-3-19(2)16-25(30)28-17-20-10-4-5-12-22(20)23-13-6-7-14-24(23)26(31)29-18-21-11-8-9-15-27-21/h4-15,19H,3,16-18H2,1-2H3,(H,28,30)(H,29,31). The first-order valence-corrected chi connectivity index (χ1v) is 10.7. The van der Waals surface area contributed by atoms with Crippen molar-refractivity contribution >= 4 is 11.8 Å². The molecule has 5 heteroatoms. The van der Waals surface area contributed by atoms with Gasteiger partial charge in [0.2, 0.25) is 5.91 Å². The van der Waals surface area contributed by atoms with E-state index in [0.29, 0.717) is 31.0 Å². The van der Waals surface area contributed by atoms with Crippen molar-refractivity contribution in [1.82, 2.24) is 15.6 Å². The Bertz CT molecular complexity index is 1020. The van der Waals surface area contributed by atoms with Crippen LogP contribution in [0.4, 0.5) is 0 Å². The van der Waals surface area contributed by atoms with Crippen LogP contribution in [0.2, 0.25) is 0 Å². The van der Waals surface area contributed by atoms with Gasteiger partial charge >= 0.3 is 0 Å². The van der Waals surface area contributed by atoms with E-state index in [2.05, 4.69) is 29.5 Å². The van der Waals surface area contributed by atoms with Crippen LogP contribution in [0.5, 0.6) is 0 Å². The van der Waals surface area contributed by atoms with Crippen LogP contribution >= 0.6 is 0 Å². The lowest BCUT2D eigenvalue weighted by atomic mass is 9.94. The van der Waals surface area contributed by atoms with Crippen LogP contribution in [-0.2, 0) is 17.9 Å². The predicted octanol–water partition coefficient (Wildman–Crippen LogP) is 4.73. The van der Waals surface area contributed by atoms with E-state index in [4.69, 9.17) is 0 Å². The molecule has 0 saturated carbocycles. The number of nitrogens with one attached hydrogen (secondary N) is 2. The second kappa shape index (κ2) is 11.1. The summed E-state index contributed by atoms with van der Waals surface area (Å²) >= 11 is 0. The van der Waals surface area contributed by atoms with E-state index in [9.17, 15) is 9.59 Å². The number of amides is 2. The summed E-state index contributed by atoms with van der Waals surface area (Å²) in [6.45, 7) is 4.95. The summed E-state index contributed by atoms with van der Waals surface area (Å²) in [6, 6.07) is 21.0. The molecule has 1 heterocycles. The van der Waals surface area contributed by atoms with Gasteiger partial charge in [0.25, 0.3) is 5.91 Å². The monoisotopic (exact) mass is 415 g/mol. The van der Waals surface area contributed by atoms with Crippen molar-refractivity contribution in [1.29, 1.82) is 0 Å². The molecule has 5 nitrogen and oxygen atoms in total. The zero-order valence-electron chi connectivity index (χ0n) is 18.1. The number of hydrogen-bond donors (Lipinski definition) is 2. The number of nitrogens with zero attached hydrogens (tertiary/aromatic N) is 1. The van der Waals surface area contributed by atoms with Gasteiger partial charge in [-0.3, -0.25) is 14.6 Å². The fourth-order valence-corrected chi connectivity index (χ4v) is 3.35. The van der Waals surface area contributed by atoms with E-state index in [1.165, 1.54) is 0 Å². The molecule has 2 N–H and O–H groups in total. The Hall–Kier alpha value is -3.47. The number of hydrogen-bond acceptors (Lipinski definition) is 3.